The third-order valence-corrected chi connectivity index (χ3v) is 6.63. The molecule has 0 fully saturated rings. The molecule has 0 radical (unpaired) electrons. The summed E-state index contributed by atoms with van der Waals surface area (Å²) in [5.74, 6) is -0.447. The van der Waals surface area contributed by atoms with Crippen molar-refractivity contribution < 1.29 is 14.6 Å². The summed E-state index contributed by atoms with van der Waals surface area (Å²) < 4.78 is 18.1. The second-order valence-corrected chi connectivity index (χ2v) is 8.83. The van der Waals surface area contributed by atoms with Gasteiger partial charge >= 0.3 is 0 Å². The van der Waals surface area contributed by atoms with Crippen LogP contribution in [0, 0.1) is 17.1 Å². The minimum absolute atomic E-state index is 0.0813. The standard InChI is InChI=1S/C22H26FN7O2/c1-13-5-17-19(10-27(13)9-16(32)12-31)26-29-14(2)8-28(11-21(17)29)20-4-3-15(6-24)30-22(20)18(23)7-25-30/h3-4,7,13-14,16,31-32H,5,8-12H2,1-2H3/t13-,14+,16-/m0/s1. The monoisotopic (exact) mass is 439 g/mol. The molecule has 0 bridgehead atoms. The van der Waals surface area contributed by atoms with Crippen LogP contribution in [0.1, 0.15) is 42.5 Å². The number of aromatic nitrogens is 4. The van der Waals surface area contributed by atoms with Gasteiger partial charge in [-0.25, -0.2) is 8.91 Å². The van der Waals surface area contributed by atoms with Gasteiger partial charge in [0.25, 0.3) is 0 Å². The molecule has 168 valence electrons. The van der Waals surface area contributed by atoms with E-state index in [9.17, 15) is 19.9 Å². The van der Waals surface area contributed by atoms with Crippen molar-refractivity contribution in [3.63, 3.8) is 0 Å². The zero-order valence-corrected chi connectivity index (χ0v) is 18.1. The molecule has 2 aliphatic heterocycles. The molecule has 32 heavy (non-hydrogen) atoms. The number of pyridine rings is 1. The summed E-state index contributed by atoms with van der Waals surface area (Å²) in [7, 11) is 0. The summed E-state index contributed by atoms with van der Waals surface area (Å²) in [4.78, 5) is 4.28. The minimum atomic E-state index is -0.769. The van der Waals surface area contributed by atoms with Crippen LogP contribution in [0.15, 0.2) is 18.3 Å². The van der Waals surface area contributed by atoms with Crippen molar-refractivity contribution in [2.75, 3.05) is 24.6 Å². The van der Waals surface area contributed by atoms with Gasteiger partial charge in [-0.15, -0.1) is 0 Å². The molecule has 0 aliphatic carbocycles. The van der Waals surface area contributed by atoms with Crippen LogP contribution in [0.4, 0.5) is 10.1 Å². The Balaban J connectivity index is 1.50. The largest absolute Gasteiger partial charge is 0.394 e. The number of rotatable bonds is 4. The van der Waals surface area contributed by atoms with Crippen molar-refractivity contribution in [1.29, 1.82) is 5.26 Å². The van der Waals surface area contributed by atoms with Crippen molar-refractivity contribution in [3.8, 4) is 6.07 Å². The van der Waals surface area contributed by atoms with Gasteiger partial charge in [-0.2, -0.15) is 15.5 Å². The molecule has 10 heteroatoms. The van der Waals surface area contributed by atoms with Crippen LogP contribution < -0.4 is 4.90 Å². The van der Waals surface area contributed by atoms with Crippen LogP contribution in [0.2, 0.25) is 0 Å². The Morgan fingerprint density at radius 1 is 1.28 bits per heavy atom. The van der Waals surface area contributed by atoms with Crippen LogP contribution >= 0.6 is 0 Å². The Morgan fingerprint density at radius 2 is 2.09 bits per heavy atom. The number of hydrogen-bond acceptors (Lipinski definition) is 7. The molecule has 5 rings (SSSR count). The van der Waals surface area contributed by atoms with Crippen LogP contribution in [-0.2, 0) is 19.5 Å². The molecule has 5 heterocycles. The summed E-state index contributed by atoms with van der Waals surface area (Å²) in [6.07, 6.45) is 1.18. The Bertz CT molecular complexity index is 1210. The Labute approximate surface area is 184 Å². The molecular weight excluding hydrogens is 413 g/mol. The molecule has 3 atom stereocenters. The van der Waals surface area contributed by atoms with Gasteiger partial charge in [-0.05, 0) is 32.4 Å². The average molecular weight is 439 g/mol. The maximum atomic E-state index is 14.6. The molecule has 0 spiro atoms. The van der Waals surface area contributed by atoms with Crippen molar-refractivity contribution in [2.24, 2.45) is 0 Å². The predicted octanol–water partition coefficient (Wildman–Crippen LogP) is 1.22. The van der Waals surface area contributed by atoms with E-state index in [0.717, 1.165) is 24.0 Å². The first-order valence-electron chi connectivity index (χ1n) is 10.8. The fourth-order valence-corrected chi connectivity index (χ4v) is 5.01. The normalized spacial score (nSPS) is 21.9. The van der Waals surface area contributed by atoms with Crippen molar-refractivity contribution in [3.05, 3.63) is 46.8 Å². The van der Waals surface area contributed by atoms with E-state index in [1.807, 2.05) is 0 Å². The fraction of sp³-hybridized carbons (Fsp3) is 0.500. The number of aliphatic hydroxyl groups is 2. The summed E-state index contributed by atoms with van der Waals surface area (Å²) in [6, 6.07) is 5.82. The first kappa shape index (κ1) is 20.9. The van der Waals surface area contributed by atoms with E-state index in [0.29, 0.717) is 43.1 Å². The van der Waals surface area contributed by atoms with Crippen LogP contribution in [0.3, 0.4) is 0 Å². The van der Waals surface area contributed by atoms with Gasteiger partial charge in [0, 0.05) is 31.2 Å². The zero-order valence-electron chi connectivity index (χ0n) is 18.1. The summed E-state index contributed by atoms with van der Waals surface area (Å²) in [5, 5.41) is 37.4. The second kappa shape index (κ2) is 7.85. The summed E-state index contributed by atoms with van der Waals surface area (Å²) >= 11 is 0. The van der Waals surface area contributed by atoms with E-state index < -0.39 is 11.9 Å². The quantitative estimate of drug-likeness (QED) is 0.630. The van der Waals surface area contributed by atoms with Crippen LogP contribution in [0.5, 0.6) is 0 Å². The van der Waals surface area contributed by atoms with E-state index >= 15 is 0 Å². The van der Waals surface area contributed by atoms with E-state index in [1.165, 1.54) is 10.1 Å². The number of hydrogen-bond donors (Lipinski definition) is 2. The molecule has 0 amide bonds. The molecule has 3 aromatic rings. The Kier molecular flexibility index (Phi) is 5.12. The Hall–Kier alpha value is -3.00. The maximum Gasteiger partial charge on any atom is 0.171 e. The molecule has 9 nitrogen and oxygen atoms in total. The highest BCUT2D eigenvalue weighted by atomic mass is 19.1. The lowest BCUT2D eigenvalue weighted by molar-refractivity contribution is 0.0400. The number of anilines is 1. The Morgan fingerprint density at radius 3 is 2.84 bits per heavy atom. The van der Waals surface area contributed by atoms with E-state index in [2.05, 4.69) is 39.5 Å². The number of aliphatic hydroxyl groups excluding tert-OH is 2. The molecule has 0 saturated heterocycles. The predicted molar refractivity (Wildman–Crippen MR) is 115 cm³/mol. The summed E-state index contributed by atoms with van der Waals surface area (Å²) in [5.41, 5.74) is 4.65. The molecule has 0 aromatic carbocycles. The third kappa shape index (κ3) is 3.24. The fourth-order valence-electron chi connectivity index (χ4n) is 5.01. The maximum absolute atomic E-state index is 14.6. The van der Waals surface area contributed by atoms with Crippen LogP contribution in [0.25, 0.3) is 5.52 Å². The summed E-state index contributed by atoms with van der Waals surface area (Å²) in [6.45, 7) is 6.23. The van der Waals surface area contributed by atoms with Crippen molar-refractivity contribution in [2.45, 2.75) is 51.5 Å². The first-order chi connectivity index (χ1) is 15.4. The first-order valence-corrected chi connectivity index (χ1v) is 10.8. The number of nitrogens with zero attached hydrogens (tertiary/aromatic N) is 7. The molecule has 3 aromatic heterocycles. The van der Waals surface area contributed by atoms with E-state index in [1.54, 1.807) is 12.1 Å². The van der Waals surface area contributed by atoms with E-state index in [4.69, 9.17) is 5.10 Å². The van der Waals surface area contributed by atoms with Crippen molar-refractivity contribution in [1.82, 2.24) is 24.3 Å². The topological polar surface area (TPSA) is 106 Å². The lowest BCUT2D eigenvalue weighted by atomic mass is 9.96. The molecular formula is C22H26FN7O2. The molecule has 0 saturated carbocycles. The van der Waals surface area contributed by atoms with Gasteiger partial charge in [-0.1, -0.05) is 0 Å². The SMILES string of the molecule is C[C@@H]1CN(c2ccc(C#N)n3ncc(F)c23)Cc2c3c(nn21)CN(C[C@H](O)CO)[C@@H](C)C3. The highest BCUT2D eigenvalue weighted by Crippen LogP contribution is 2.35. The number of halogens is 1. The molecule has 0 unspecified atom stereocenters. The average Bonchev–Trinajstić information content (AvgIpc) is 3.34. The highest BCUT2D eigenvalue weighted by Gasteiger charge is 2.34. The van der Waals surface area contributed by atoms with Gasteiger partial charge in [0.05, 0.1) is 48.6 Å². The van der Waals surface area contributed by atoms with E-state index in [-0.39, 0.29) is 18.7 Å². The van der Waals surface area contributed by atoms with Crippen molar-refractivity contribution >= 4 is 11.2 Å². The minimum Gasteiger partial charge on any atom is -0.394 e. The van der Waals surface area contributed by atoms with Gasteiger partial charge in [0.15, 0.2) is 5.82 Å². The lowest BCUT2D eigenvalue weighted by Gasteiger charge is -2.36. The van der Waals surface area contributed by atoms with Gasteiger partial charge in [-0.3, -0.25) is 9.58 Å². The number of fused-ring (bicyclic) bond motifs is 4. The van der Waals surface area contributed by atoms with Gasteiger partial charge in [0.2, 0.25) is 0 Å². The molecule has 2 N–H and O–H groups in total. The van der Waals surface area contributed by atoms with Gasteiger partial charge in [0.1, 0.15) is 17.3 Å². The second-order valence-electron chi connectivity index (χ2n) is 8.83. The number of β-amino-alcohol motifs (C(OH)–C–C–N with tert-alkyl or cyclic N) is 1. The molecule has 2 aliphatic rings. The number of nitriles is 1. The zero-order chi connectivity index (χ0) is 22.6. The van der Waals surface area contributed by atoms with Gasteiger partial charge < -0.3 is 15.1 Å². The lowest BCUT2D eigenvalue weighted by Crippen LogP contribution is -2.43. The third-order valence-electron chi connectivity index (χ3n) is 6.63. The highest BCUT2D eigenvalue weighted by molar-refractivity contribution is 5.75. The smallest absolute Gasteiger partial charge is 0.171 e. The van der Waals surface area contributed by atoms with Crippen LogP contribution in [-0.4, -0.2) is 66.3 Å².